The van der Waals surface area contributed by atoms with Crippen molar-refractivity contribution >= 4 is 23.9 Å². The molecule has 0 fully saturated rings. The minimum Gasteiger partial charge on any atom is -0.508 e. The Morgan fingerprint density at radius 3 is 2.34 bits per heavy atom. The van der Waals surface area contributed by atoms with Crippen LogP contribution in [0.5, 0.6) is 5.75 Å². The van der Waals surface area contributed by atoms with Gasteiger partial charge in [0, 0.05) is 13.1 Å². The van der Waals surface area contributed by atoms with Gasteiger partial charge in [0.1, 0.15) is 23.4 Å². The number of benzene rings is 1. The van der Waals surface area contributed by atoms with Gasteiger partial charge in [-0.1, -0.05) is 32.3 Å². The van der Waals surface area contributed by atoms with Crippen molar-refractivity contribution < 1.29 is 33.8 Å². The van der Waals surface area contributed by atoms with E-state index >= 15 is 0 Å². The Labute approximate surface area is 226 Å². The van der Waals surface area contributed by atoms with Gasteiger partial charge >= 0.3 is 12.1 Å². The number of unbranched alkanes of at least 4 members (excludes halogenated alkanes) is 3. The van der Waals surface area contributed by atoms with Crippen LogP contribution in [-0.4, -0.2) is 65.2 Å². The minimum absolute atomic E-state index is 0.0120. The highest BCUT2D eigenvalue weighted by Crippen LogP contribution is 2.27. The number of nitrogens with one attached hydrogen (secondary N) is 2. The van der Waals surface area contributed by atoms with Crippen molar-refractivity contribution in [1.29, 1.82) is 0 Å². The maximum Gasteiger partial charge on any atom is 0.408 e. The summed E-state index contributed by atoms with van der Waals surface area (Å²) in [6.45, 7) is 12.8. The molecular weight excluding hydrogens is 490 g/mol. The molecule has 0 bridgehead atoms. The van der Waals surface area contributed by atoms with Crippen molar-refractivity contribution in [2.75, 3.05) is 19.7 Å². The number of carbonyl (C=O) groups excluding carboxylic acids is 4. The summed E-state index contributed by atoms with van der Waals surface area (Å²) in [5, 5.41) is 15.4. The molecule has 214 valence electrons. The van der Waals surface area contributed by atoms with Crippen molar-refractivity contribution in [3.8, 4) is 5.75 Å². The topological polar surface area (TPSA) is 134 Å². The first kappa shape index (κ1) is 32.7. The number of hydrogen-bond donors (Lipinski definition) is 3. The van der Waals surface area contributed by atoms with Crippen LogP contribution in [0.15, 0.2) is 18.2 Å². The fourth-order valence-corrected chi connectivity index (χ4v) is 3.81. The maximum atomic E-state index is 13.7. The zero-order chi connectivity index (χ0) is 28.9. The molecule has 2 unspecified atom stereocenters. The smallest absolute Gasteiger partial charge is 0.408 e. The first-order chi connectivity index (χ1) is 17.8. The SMILES string of the molecule is CCCCCCN(C(=O)C(C)NC(=O)OC(C)(C)C)C(C(=O)NCCC(=O)OCC)c1ccc(O)c(C)c1. The predicted molar refractivity (Wildman–Crippen MR) is 145 cm³/mol. The summed E-state index contributed by atoms with van der Waals surface area (Å²) in [6.07, 6.45) is 2.74. The first-order valence-corrected chi connectivity index (χ1v) is 13.3. The molecule has 10 heteroatoms. The lowest BCUT2D eigenvalue weighted by Crippen LogP contribution is -2.52. The summed E-state index contributed by atoms with van der Waals surface area (Å²) < 4.78 is 10.2. The Morgan fingerprint density at radius 1 is 1.08 bits per heavy atom. The molecule has 0 aromatic heterocycles. The Hall–Kier alpha value is -3.30. The number of phenolic OH excluding ortho intramolecular Hbond substituents is 1. The van der Waals surface area contributed by atoms with E-state index in [1.54, 1.807) is 53.7 Å². The van der Waals surface area contributed by atoms with Crippen molar-refractivity contribution in [3.63, 3.8) is 0 Å². The van der Waals surface area contributed by atoms with Gasteiger partial charge in [-0.05, 0) is 71.2 Å². The van der Waals surface area contributed by atoms with Crippen molar-refractivity contribution in [3.05, 3.63) is 29.3 Å². The third-order valence-electron chi connectivity index (χ3n) is 5.67. The van der Waals surface area contributed by atoms with Gasteiger partial charge in [-0.15, -0.1) is 0 Å². The van der Waals surface area contributed by atoms with Gasteiger partial charge in [-0.2, -0.15) is 0 Å². The average Bonchev–Trinajstić information content (AvgIpc) is 2.81. The molecule has 1 aromatic carbocycles. The molecule has 2 atom stereocenters. The molecule has 0 aliphatic carbocycles. The number of rotatable bonds is 14. The van der Waals surface area contributed by atoms with Gasteiger partial charge in [-0.25, -0.2) is 4.79 Å². The number of amides is 3. The number of nitrogens with zero attached hydrogens (tertiary/aromatic N) is 1. The number of aryl methyl sites for hydroxylation is 1. The molecule has 0 saturated carbocycles. The number of ether oxygens (including phenoxy) is 2. The average molecular weight is 536 g/mol. The number of hydrogen-bond acceptors (Lipinski definition) is 7. The largest absolute Gasteiger partial charge is 0.508 e. The molecular formula is C28H45N3O7. The van der Waals surface area contributed by atoms with E-state index in [2.05, 4.69) is 17.6 Å². The van der Waals surface area contributed by atoms with E-state index in [0.717, 1.165) is 19.3 Å². The van der Waals surface area contributed by atoms with Gasteiger partial charge < -0.3 is 30.1 Å². The summed E-state index contributed by atoms with van der Waals surface area (Å²) in [6, 6.07) is 2.71. The van der Waals surface area contributed by atoms with Crippen LogP contribution >= 0.6 is 0 Å². The van der Waals surface area contributed by atoms with E-state index < -0.39 is 41.6 Å². The molecule has 0 aliphatic heterocycles. The van der Waals surface area contributed by atoms with Crippen LogP contribution in [0.1, 0.15) is 90.8 Å². The molecule has 3 N–H and O–H groups in total. The van der Waals surface area contributed by atoms with Gasteiger partial charge in [0.15, 0.2) is 0 Å². The van der Waals surface area contributed by atoms with Crippen molar-refractivity contribution in [1.82, 2.24) is 15.5 Å². The highest BCUT2D eigenvalue weighted by atomic mass is 16.6. The van der Waals surface area contributed by atoms with Crippen LogP contribution in [0, 0.1) is 6.92 Å². The quantitative estimate of drug-likeness (QED) is 0.241. The third-order valence-corrected chi connectivity index (χ3v) is 5.67. The standard InChI is InChI=1S/C28H45N3O7/c1-8-10-11-12-17-31(26(35)20(4)30-27(36)38-28(5,6)7)24(21-13-14-22(32)19(3)18-21)25(34)29-16-15-23(33)37-9-2/h13-14,18,20,24,32H,8-12,15-17H2,1-7H3,(H,29,34)(H,30,36). The molecule has 0 heterocycles. The molecule has 3 amide bonds. The van der Waals surface area contributed by atoms with E-state index in [1.807, 2.05) is 0 Å². The van der Waals surface area contributed by atoms with Crippen LogP contribution in [0.25, 0.3) is 0 Å². The Balaban J connectivity index is 3.31. The molecule has 0 radical (unpaired) electrons. The lowest BCUT2D eigenvalue weighted by Gasteiger charge is -2.34. The zero-order valence-corrected chi connectivity index (χ0v) is 23.9. The fourth-order valence-electron chi connectivity index (χ4n) is 3.81. The Bertz CT molecular complexity index is 943. The number of phenols is 1. The van der Waals surface area contributed by atoms with E-state index in [-0.39, 0.29) is 31.9 Å². The maximum absolute atomic E-state index is 13.7. The van der Waals surface area contributed by atoms with Crippen LogP contribution in [0.4, 0.5) is 4.79 Å². The highest BCUT2D eigenvalue weighted by molar-refractivity contribution is 5.92. The summed E-state index contributed by atoms with van der Waals surface area (Å²) in [5.74, 6) is -1.31. The van der Waals surface area contributed by atoms with Crippen LogP contribution in [-0.2, 0) is 23.9 Å². The molecule has 38 heavy (non-hydrogen) atoms. The van der Waals surface area contributed by atoms with Gasteiger partial charge in [0.05, 0.1) is 13.0 Å². The second kappa shape index (κ2) is 15.8. The Kier molecular flexibility index (Phi) is 13.6. The molecule has 0 aliphatic rings. The highest BCUT2D eigenvalue weighted by Gasteiger charge is 2.34. The predicted octanol–water partition coefficient (Wildman–Crippen LogP) is 4.13. The van der Waals surface area contributed by atoms with E-state index in [1.165, 1.54) is 11.0 Å². The normalized spacial score (nSPS) is 12.7. The number of carbonyl (C=O) groups is 4. The first-order valence-electron chi connectivity index (χ1n) is 13.3. The van der Waals surface area contributed by atoms with E-state index in [0.29, 0.717) is 17.5 Å². The summed E-state index contributed by atoms with van der Waals surface area (Å²) in [7, 11) is 0. The van der Waals surface area contributed by atoms with E-state index in [4.69, 9.17) is 9.47 Å². The van der Waals surface area contributed by atoms with Gasteiger partial charge in [0.25, 0.3) is 0 Å². The van der Waals surface area contributed by atoms with Crippen molar-refractivity contribution in [2.45, 2.75) is 98.3 Å². The lowest BCUT2D eigenvalue weighted by molar-refractivity contribution is -0.144. The third kappa shape index (κ3) is 11.4. The van der Waals surface area contributed by atoms with Crippen LogP contribution < -0.4 is 10.6 Å². The second-order valence-corrected chi connectivity index (χ2v) is 10.3. The molecule has 10 nitrogen and oxygen atoms in total. The zero-order valence-electron chi connectivity index (χ0n) is 23.9. The lowest BCUT2D eigenvalue weighted by atomic mass is 9.99. The number of aromatic hydroxyl groups is 1. The van der Waals surface area contributed by atoms with E-state index in [9.17, 15) is 24.3 Å². The van der Waals surface area contributed by atoms with Crippen LogP contribution in [0.3, 0.4) is 0 Å². The molecule has 1 rings (SSSR count). The molecule has 1 aromatic rings. The number of alkyl carbamates (subject to hydrolysis) is 1. The van der Waals surface area contributed by atoms with Gasteiger partial charge in [0.2, 0.25) is 11.8 Å². The summed E-state index contributed by atoms with van der Waals surface area (Å²) in [4.78, 5) is 52.8. The minimum atomic E-state index is -1.05. The van der Waals surface area contributed by atoms with Crippen LogP contribution in [0.2, 0.25) is 0 Å². The summed E-state index contributed by atoms with van der Waals surface area (Å²) in [5.41, 5.74) is 0.310. The monoisotopic (exact) mass is 535 g/mol. The second-order valence-electron chi connectivity index (χ2n) is 10.3. The summed E-state index contributed by atoms with van der Waals surface area (Å²) >= 11 is 0. The van der Waals surface area contributed by atoms with Gasteiger partial charge in [-0.3, -0.25) is 14.4 Å². The molecule has 0 saturated heterocycles. The Morgan fingerprint density at radius 2 is 1.76 bits per heavy atom. The van der Waals surface area contributed by atoms with Crippen molar-refractivity contribution in [2.24, 2.45) is 0 Å². The fraction of sp³-hybridized carbons (Fsp3) is 0.643. The number of esters is 1. The molecule has 0 spiro atoms.